The van der Waals surface area contributed by atoms with Gasteiger partial charge in [-0.25, -0.2) is 0 Å². The summed E-state index contributed by atoms with van der Waals surface area (Å²) in [5, 5.41) is 19.0. The van der Waals surface area contributed by atoms with Crippen molar-refractivity contribution in [1.29, 1.82) is 0 Å². The molecule has 21 heavy (non-hydrogen) atoms. The highest BCUT2D eigenvalue weighted by atomic mass is 35.5. The zero-order chi connectivity index (χ0) is 15.4. The van der Waals surface area contributed by atoms with Crippen LogP contribution >= 0.6 is 11.6 Å². The lowest BCUT2D eigenvalue weighted by Gasteiger charge is -2.03. The summed E-state index contributed by atoms with van der Waals surface area (Å²) in [5.74, 6) is -0.280. The van der Waals surface area contributed by atoms with Gasteiger partial charge in [0.15, 0.2) is 5.78 Å². The van der Waals surface area contributed by atoms with Crippen LogP contribution in [0, 0.1) is 0 Å². The topological polar surface area (TPSA) is 66.8 Å². The van der Waals surface area contributed by atoms with Gasteiger partial charge in [-0.1, -0.05) is 29.8 Å². The highest BCUT2D eigenvalue weighted by Gasteiger charge is 2.12. The molecule has 2 aromatic carbocycles. The molecule has 0 bridgehead atoms. The van der Waals surface area contributed by atoms with Crippen molar-refractivity contribution >= 4 is 23.5 Å². The van der Waals surface area contributed by atoms with Gasteiger partial charge in [0.2, 0.25) is 0 Å². The van der Waals surface area contributed by atoms with Crippen molar-refractivity contribution in [2.24, 2.45) is 0 Å². The molecule has 0 aliphatic carbocycles. The van der Waals surface area contributed by atoms with Crippen molar-refractivity contribution in [3.05, 3.63) is 58.6 Å². The number of ether oxygens (including phenoxy) is 1. The monoisotopic (exact) mass is 304 g/mol. The van der Waals surface area contributed by atoms with Crippen LogP contribution in [0.2, 0.25) is 5.02 Å². The van der Waals surface area contributed by atoms with Gasteiger partial charge in [0.25, 0.3) is 0 Å². The number of carbonyl (C=O) groups excluding carboxylic acids is 1. The zero-order valence-electron chi connectivity index (χ0n) is 11.2. The summed E-state index contributed by atoms with van der Waals surface area (Å²) in [7, 11) is 1.58. The normalized spacial score (nSPS) is 10.8. The Labute approximate surface area is 126 Å². The Balaban J connectivity index is 2.20. The summed E-state index contributed by atoms with van der Waals surface area (Å²) in [6, 6.07) is 9.42. The van der Waals surface area contributed by atoms with Crippen molar-refractivity contribution < 1.29 is 19.7 Å². The van der Waals surface area contributed by atoms with Gasteiger partial charge in [0, 0.05) is 6.07 Å². The Morgan fingerprint density at radius 2 is 1.81 bits per heavy atom. The van der Waals surface area contributed by atoms with Gasteiger partial charge in [-0.05, 0) is 29.8 Å². The van der Waals surface area contributed by atoms with Crippen molar-refractivity contribution in [3.8, 4) is 17.2 Å². The van der Waals surface area contributed by atoms with Crippen LogP contribution < -0.4 is 4.74 Å². The van der Waals surface area contributed by atoms with E-state index in [1.54, 1.807) is 37.5 Å². The Bertz CT molecular complexity index is 690. The number of aromatic hydroxyl groups is 2. The quantitative estimate of drug-likeness (QED) is 0.668. The maximum Gasteiger partial charge on any atom is 0.189 e. The largest absolute Gasteiger partial charge is 0.507 e. The summed E-state index contributed by atoms with van der Waals surface area (Å²) < 4.78 is 5.04. The van der Waals surface area contributed by atoms with Gasteiger partial charge in [-0.2, -0.15) is 0 Å². The lowest BCUT2D eigenvalue weighted by molar-refractivity contribution is 0.104. The van der Waals surface area contributed by atoms with Crippen LogP contribution in [0.3, 0.4) is 0 Å². The number of methoxy groups -OCH3 is 1. The van der Waals surface area contributed by atoms with Gasteiger partial charge in [-0.15, -0.1) is 0 Å². The van der Waals surface area contributed by atoms with E-state index < -0.39 is 5.78 Å². The molecular weight excluding hydrogens is 292 g/mol. The van der Waals surface area contributed by atoms with Gasteiger partial charge in [-0.3, -0.25) is 4.79 Å². The first-order valence-corrected chi connectivity index (χ1v) is 6.47. The van der Waals surface area contributed by atoms with Crippen molar-refractivity contribution in [3.63, 3.8) is 0 Å². The van der Waals surface area contributed by atoms with Crippen molar-refractivity contribution in [2.45, 2.75) is 0 Å². The minimum Gasteiger partial charge on any atom is -0.507 e. The van der Waals surface area contributed by atoms with Crippen LogP contribution in [0.15, 0.2) is 42.5 Å². The van der Waals surface area contributed by atoms with Crippen LogP contribution in [0.5, 0.6) is 17.2 Å². The lowest BCUT2D eigenvalue weighted by atomic mass is 10.1. The summed E-state index contributed by atoms with van der Waals surface area (Å²) >= 11 is 5.73. The maximum absolute atomic E-state index is 12.0. The number of benzene rings is 2. The lowest BCUT2D eigenvalue weighted by Crippen LogP contribution is -1.95. The molecular formula is C16H13ClO4. The molecule has 2 aromatic rings. The fourth-order valence-corrected chi connectivity index (χ4v) is 1.89. The van der Waals surface area contributed by atoms with Crippen LogP contribution in [-0.2, 0) is 0 Å². The molecule has 4 nitrogen and oxygen atoms in total. The fourth-order valence-electron chi connectivity index (χ4n) is 1.72. The molecule has 0 unspecified atom stereocenters. The highest BCUT2D eigenvalue weighted by Crippen LogP contribution is 2.31. The Morgan fingerprint density at radius 1 is 1.14 bits per heavy atom. The molecule has 0 aliphatic rings. The molecule has 0 aromatic heterocycles. The maximum atomic E-state index is 12.0. The van der Waals surface area contributed by atoms with E-state index in [4.69, 9.17) is 16.3 Å². The number of phenolic OH excluding ortho intramolecular Hbond substituents is 2. The third-order valence-corrected chi connectivity index (χ3v) is 3.18. The average molecular weight is 305 g/mol. The van der Waals surface area contributed by atoms with E-state index in [0.717, 1.165) is 17.4 Å². The molecule has 0 aliphatic heterocycles. The molecule has 0 fully saturated rings. The molecule has 0 amide bonds. The summed E-state index contributed by atoms with van der Waals surface area (Å²) in [4.78, 5) is 12.0. The molecule has 2 N–H and O–H groups in total. The number of allylic oxidation sites excluding steroid dienone is 1. The van der Waals surface area contributed by atoms with E-state index >= 15 is 0 Å². The number of hydrogen-bond donors (Lipinski definition) is 2. The molecule has 2 rings (SSSR count). The first-order valence-electron chi connectivity index (χ1n) is 6.09. The minimum atomic E-state index is -0.412. The zero-order valence-corrected chi connectivity index (χ0v) is 12.0. The van der Waals surface area contributed by atoms with Crippen molar-refractivity contribution in [2.75, 3.05) is 7.11 Å². The van der Waals surface area contributed by atoms with Crippen molar-refractivity contribution in [1.82, 2.24) is 0 Å². The Kier molecular flexibility index (Phi) is 4.50. The number of ketones is 1. The SMILES string of the molecule is COc1ccc(/C=C/C(=O)c2cc(Cl)c(O)cc2O)cc1. The summed E-state index contributed by atoms with van der Waals surface area (Å²) in [5.41, 5.74) is 0.844. The number of rotatable bonds is 4. The molecule has 108 valence electrons. The predicted molar refractivity (Wildman–Crippen MR) is 81.1 cm³/mol. The predicted octanol–water partition coefficient (Wildman–Crippen LogP) is 3.66. The number of carbonyl (C=O) groups is 1. The Hall–Kier alpha value is -2.46. The molecule has 0 saturated heterocycles. The summed E-state index contributed by atoms with van der Waals surface area (Å²) in [6.07, 6.45) is 2.94. The fraction of sp³-hybridized carbons (Fsp3) is 0.0625. The number of phenols is 2. The molecule has 0 radical (unpaired) electrons. The second-order valence-corrected chi connectivity index (χ2v) is 4.70. The van der Waals surface area contributed by atoms with Crippen LogP contribution in [0.4, 0.5) is 0 Å². The van der Waals surface area contributed by atoms with E-state index in [1.807, 2.05) is 0 Å². The van der Waals surface area contributed by atoms with E-state index in [1.165, 1.54) is 12.1 Å². The van der Waals surface area contributed by atoms with Crippen LogP contribution in [-0.4, -0.2) is 23.1 Å². The van der Waals surface area contributed by atoms with E-state index in [2.05, 4.69) is 0 Å². The summed E-state index contributed by atoms with van der Waals surface area (Å²) in [6.45, 7) is 0. The third kappa shape index (κ3) is 3.55. The van der Waals surface area contributed by atoms with E-state index in [-0.39, 0.29) is 22.1 Å². The van der Waals surface area contributed by atoms with E-state index in [9.17, 15) is 15.0 Å². The average Bonchev–Trinajstić information content (AvgIpc) is 2.49. The standard InChI is InChI=1S/C16H13ClO4/c1-21-11-5-2-10(3-6-11)4-7-14(18)12-8-13(17)16(20)9-15(12)19/h2-9,19-20H,1H3/b7-4+. The number of halogens is 1. The van der Waals surface area contributed by atoms with Gasteiger partial charge in [0.1, 0.15) is 17.2 Å². The first-order chi connectivity index (χ1) is 10.0. The second kappa shape index (κ2) is 6.33. The number of hydrogen-bond acceptors (Lipinski definition) is 4. The van der Waals surface area contributed by atoms with Crippen LogP contribution in [0.1, 0.15) is 15.9 Å². The third-order valence-electron chi connectivity index (χ3n) is 2.87. The van der Waals surface area contributed by atoms with Gasteiger partial charge >= 0.3 is 0 Å². The molecule has 0 saturated carbocycles. The molecule has 0 atom stereocenters. The van der Waals surface area contributed by atoms with Gasteiger partial charge in [0.05, 0.1) is 17.7 Å². The first kappa shape index (κ1) is 14.9. The molecule has 0 spiro atoms. The molecule has 0 heterocycles. The smallest absolute Gasteiger partial charge is 0.189 e. The van der Waals surface area contributed by atoms with Crippen LogP contribution in [0.25, 0.3) is 6.08 Å². The second-order valence-electron chi connectivity index (χ2n) is 4.29. The molecule has 5 heteroatoms. The Morgan fingerprint density at radius 3 is 2.43 bits per heavy atom. The minimum absolute atomic E-state index is 0.00833. The van der Waals surface area contributed by atoms with Gasteiger partial charge < -0.3 is 14.9 Å². The highest BCUT2D eigenvalue weighted by molar-refractivity contribution is 6.32. The van der Waals surface area contributed by atoms with E-state index in [0.29, 0.717) is 0 Å².